The Hall–Kier alpha value is -3.49. The molecule has 0 unspecified atom stereocenters. The SMILES string of the molecule is O=C(COc1ccc(Cl)cc1[C@@H]1c2sc(=O)[nH]c2S[C@H]2C(=O)N(c3ccccc3C(F)(F)F)C(=O)[C@@H]12)Nc1ccc(Cl)c(Cl)c1. The van der Waals surface area contributed by atoms with Crippen LogP contribution in [-0.4, -0.2) is 34.6 Å². The normalized spacial score (nSPS) is 19.3. The van der Waals surface area contributed by atoms with E-state index in [4.69, 9.17) is 39.5 Å². The standard InChI is InChI=1S/C29H17Cl3F3N3O5S2/c30-12-5-8-19(43-11-20(39)36-13-6-7-16(31)17(32)10-13)14(9-12)21-22-24(44-25-23(21)45-28(42)37-25)27(41)38(26(22)40)18-4-2-1-3-15(18)29(33,34)35/h1-10,21-22,24H,11H2,(H,36,39)(H,37,42)/t21-,22-,24+/m0/s1. The van der Waals surface area contributed by atoms with Gasteiger partial charge in [0.05, 0.1) is 32.2 Å². The van der Waals surface area contributed by atoms with Crippen molar-refractivity contribution < 1.29 is 32.3 Å². The van der Waals surface area contributed by atoms with Crippen molar-refractivity contribution in [3.05, 3.63) is 101 Å². The molecule has 2 aliphatic rings. The highest BCUT2D eigenvalue weighted by molar-refractivity contribution is 8.00. The van der Waals surface area contributed by atoms with E-state index in [1.54, 1.807) is 6.07 Å². The summed E-state index contributed by atoms with van der Waals surface area (Å²) in [6, 6.07) is 13.3. The molecule has 0 spiro atoms. The highest BCUT2D eigenvalue weighted by atomic mass is 35.5. The van der Waals surface area contributed by atoms with Crippen molar-refractivity contribution >= 4 is 87.0 Å². The lowest BCUT2D eigenvalue weighted by molar-refractivity contribution is -0.137. The molecule has 1 fully saturated rings. The number of hydrogen-bond donors (Lipinski definition) is 2. The molecular formula is C29H17Cl3F3N3O5S2. The number of alkyl halides is 3. The van der Waals surface area contributed by atoms with Gasteiger partial charge in [-0.2, -0.15) is 13.2 Å². The fourth-order valence-electron chi connectivity index (χ4n) is 5.31. The molecule has 45 heavy (non-hydrogen) atoms. The first-order valence-electron chi connectivity index (χ1n) is 12.9. The van der Waals surface area contributed by atoms with Crippen molar-refractivity contribution in [2.45, 2.75) is 22.4 Å². The molecule has 2 aliphatic heterocycles. The highest BCUT2D eigenvalue weighted by Gasteiger charge is 2.57. The number of carbonyl (C=O) groups is 3. The van der Waals surface area contributed by atoms with Crippen molar-refractivity contribution in [1.29, 1.82) is 0 Å². The number of para-hydroxylation sites is 1. The molecule has 8 nitrogen and oxygen atoms in total. The van der Waals surface area contributed by atoms with Crippen molar-refractivity contribution in [1.82, 2.24) is 4.98 Å². The molecule has 4 aromatic rings. The lowest BCUT2D eigenvalue weighted by Crippen LogP contribution is -2.33. The number of halogens is 6. The summed E-state index contributed by atoms with van der Waals surface area (Å²) in [7, 11) is 0. The zero-order valence-electron chi connectivity index (χ0n) is 22.3. The summed E-state index contributed by atoms with van der Waals surface area (Å²) in [5, 5.41) is 2.49. The second kappa shape index (κ2) is 12.0. The molecule has 0 bridgehead atoms. The average molecular weight is 715 g/mol. The van der Waals surface area contributed by atoms with Crippen LogP contribution in [0.5, 0.6) is 5.75 Å². The Morgan fingerprint density at radius 1 is 0.978 bits per heavy atom. The molecule has 2 N–H and O–H groups in total. The van der Waals surface area contributed by atoms with Gasteiger partial charge in [-0.25, -0.2) is 4.90 Å². The van der Waals surface area contributed by atoms with Crippen molar-refractivity contribution in [2.75, 3.05) is 16.8 Å². The van der Waals surface area contributed by atoms with E-state index in [2.05, 4.69) is 10.3 Å². The number of thiazole rings is 1. The Balaban J connectivity index is 1.38. The number of aromatic nitrogens is 1. The maximum atomic E-state index is 14.0. The van der Waals surface area contributed by atoms with Crippen LogP contribution in [-0.2, 0) is 20.6 Å². The fraction of sp³-hybridized carbons (Fsp3) is 0.172. The Morgan fingerprint density at radius 3 is 2.47 bits per heavy atom. The van der Waals surface area contributed by atoms with E-state index in [9.17, 15) is 32.3 Å². The van der Waals surface area contributed by atoms with Gasteiger partial charge in [0, 0.05) is 27.1 Å². The number of thioether (sulfide) groups is 1. The Kier molecular flexibility index (Phi) is 8.42. The quantitative estimate of drug-likeness (QED) is 0.204. The summed E-state index contributed by atoms with van der Waals surface area (Å²) in [6.07, 6.45) is -4.84. The van der Waals surface area contributed by atoms with E-state index in [1.807, 2.05) is 0 Å². The lowest BCUT2D eigenvalue weighted by atomic mass is 9.82. The molecule has 0 radical (unpaired) electrons. The van der Waals surface area contributed by atoms with Crippen LogP contribution in [0, 0.1) is 5.92 Å². The fourth-order valence-corrected chi connectivity index (χ4v) is 8.29. The number of rotatable bonds is 6. The third-order valence-corrected chi connectivity index (χ3v) is 10.5. The van der Waals surface area contributed by atoms with E-state index >= 15 is 0 Å². The number of anilines is 2. The summed E-state index contributed by atoms with van der Waals surface area (Å²) in [5.41, 5.74) is -1.11. The largest absolute Gasteiger partial charge is 0.483 e. The number of ether oxygens (including phenoxy) is 1. The van der Waals surface area contributed by atoms with Gasteiger partial charge < -0.3 is 15.0 Å². The second-order valence-corrected chi connectivity index (χ2v) is 13.3. The monoisotopic (exact) mass is 713 g/mol. The Morgan fingerprint density at radius 2 is 1.73 bits per heavy atom. The van der Waals surface area contributed by atoms with Gasteiger partial charge in [0.25, 0.3) is 5.91 Å². The van der Waals surface area contributed by atoms with Gasteiger partial charge in [-0.3, -0.25) is 19.2 Å². The van der Waals surface area contributed by atoms with Crippen LogP contribution >= 0.6 is 57.9 Å². The minimum atomic E-state index is -4.84. The first-order chi connectivity index (χ1) is 21.3. The number of imide groups is 1. The van der Waals surface area contributed by atoms with Crippen LogP contribution in [0.25, 0.3) is 0 Å². The number of nitrogens with zero attached hydrogens (tertiary/aromatic N) is 1. The number of amides is 3. The van der Waals surface area contributed by atoms with E-state index in [0.717, 1.165) is 41.3 Å². The highest BCUT2D eigenvalue weighted by Crippen LogP contribution is 2.55. The van der Waals surface area contributed by atoms with E-state index in [0.29, 0.717) is 25.5 Å². The van der Waals surface area contributed by atoms with Gasteiger partial charge in [0.15, 0.2) is 6.61 Å². The van der Waals surface area contributed by atoms with Gasteiger partial charge >= 0.3 is 11.0 Å². The molecule has 3 heterocycles. The van der Waals surface area contributed by atoms with E-state index in [1.165, 1.54) is 36.4 Å². The first-order valence-corrected chi connectivity index (χ1v) is 15.8. The summed E-state index contributed by atoms with van der Waals surface area (Å²) >= 11 is 20.0. The summed E-state index contributed by atoms with van der Waals surface area (Å²) in [5.74, 6) is -4.45. The molecule has 3 amide bonds. The minimum Gasteiger partial charge on any atom is -0.483 e. The predicted octanol–water partition coefficient (Wildman–Crippen LogP) is 7.23. The number of nitrogens with one attached hydrogen (secondary N) is 2. The third kappa shape index (κ3) is 5.95. The molecule has 232 valence electrons. The van der Waals surface area contributed by atoms with Crippen LogP contribution in [0.2, 0.25) is 15.1 Å². The smallest absolute Gasteiger partial charge is 0.418 e. The van der Waals surface area contributed by atoms with Crippen LogP contribution in [0.4, 0.5) is 24.5 Å². The van der Waals surface area contributed by atoms with E-state index in [-0.39, 0.29) is 21.4 Å². The summed E-state index contributed by atoms with van der Waals surface area (Å²) < 4.78 is 47.7. The first kappa shape index (κ1) is 31.5. The number of H-pyrrole nitrogens is 1. The maximum absolute atomic E-state index is 14.0. The topological polar surface area (TPSA) is 109 Å². The Bertz CT molecular complexity index is 1930. The minimum absolute atomic E-state index is 0.112. The third-order valence-electron chi connectivity index (χ3n) is 7.14. The molecule has 0 aliphatic carbocycles. The van der Waals surface area contributed by atoms with Crippen LogP contribution in [0.1, 0.15) is 21.9 Å². The number of aromatic amines is 1. The molecular weight excluding hydrogens is 698 g/mol. The second-order valence-electron chi connectivity index (χ2n) is 9.92. The zero-order chi connectivity index (χ0) is 32.2. The predicted molar refractivity (Wildman–Crippen MR) is 166 cm³/mol. The number of hydrogen-bond acceptors (Lipinski definition) is 7. The molecule has 3 aromatic carbocycles. The molecule has 1 saturated heterocycles. The molecule has 0 saturated carbocycles. The van der Waals surface area contributed by atoms with Gasteiger partial charge in [-0.05, 0) is 48.5 Å². The van der Waals surface area contributed by atoms with Crippen molar-refractivity contribution in [3.63, 3.8) is 0 Å². The zero-order valence-corrected chi connectivity index (χ0v) is 26.2. The van der Waals surface area contributed by atoms with Crippen molar-refractivity contribution in [3.8, 4) is 5.75 Å². The molecule has 3 atom stereocenters. The van der Waals surface area contributed by atoms with Crippen LogP contribution < -0.4 is 19.8 Å². The maximum Gasteiger partial charge on any atom is 0.418 e. The van der Waals surface area contributed by atoms with Gasteiger partial charge in [0.1, 0.15) is 11.0 Å². The summed E-state index contributed by atoms with van der Waals surface area (Å²) in [6.45, 7) is -0.501. The Labute approximate surface area is 275 Å². The van der Waals surface area contributed by atoms with Gasteiger partial charge in [0.2, 0.25) is 11.8 Å². The molecule has 16 heteroatoms. The van der Waals surface area contributed by atoms with Crippen LogP contribution in [0.15, 0.2) is 70.5 Å². The molecule has 1 aromatic heterocycles. The molecule has 6 rings (SSSR count). The summed E-state index contributed by atoms with van der Waals surface area (Å²) in [4.78, 5) is 56.1. The van der Waals surface area contributed by atoms with Gasteiger partial charge in [-0.1, -0.05) is 70.0 Å². The lowest BCUT2D eigenvalue weighted by Gasteiger charge is -2.31. The van der Waals surface area contributed by atoms with Gasteiger partial charge in [-0.15, -0.1) is 0 Å². The van der Waals surface area contributed by atoms with E-state index < -0.39 is 63.7 Å². The number of carbonyl (C=O) groups excluding carboxylic acids is 3. The van der Waals surface area contributed by atoms with Crippen LogP contribution in [0.3, 0.4) is 0 Å². The average Bonchev–Trinajstić information content (AvgIpc) is 3.47. The number of benzene rings is 3. The van der Waals surface area contributed by atoms with Crippen molar-refractivity contribution in [2.24, 2.45) is 5.92 Å². The number of fused-ring (bicyclic) bond motifs is 2.